The molecule has 2 atom stereocenters. The predicted octanol–water partition coefficient (Wildman–Crippen LogP) is 0.712. The van der Waals surface area contributed by atoms with Crippen LogP contribution in [0.1, 0.15) is 57.9 Å². The molecule has 264 valence electrons. The molecule has 1 unspecified atom stereocenters. The monoisotopic (exact) mass is 672 g/mol. The Kier molecular flexibility index (Phi) is 16.6. The second-order valence-electron chi connectivity index (χ2n) is 11.7. The second-order valence-corrected chi connectivity index (χ2v) is 11.7. The minimum absolute atomic E-state index is 0.0220. The zero-order valence-electron chi connectivity index (χ0n) is 27.8. The molecule has 2 rings (SSSR count). The zero-order chi connectivity index (χ0) is 35.6. The number of nitrogens with two attached hydrogens (primary N) is 2. The first kappa shape index (κ1) is 39.2. The van der Waals surface area contributed by atoms with Crippen LogP contribution in [0.2, 0.25) is 0 Å². The number of carbonyl (C=O) groups is 7. The number of nitrogens with zero attached hydrogens (tertiary/aromatic N) is 2. The lowest BCUT2D eigenvalue weighted by molar-refractivity contribution is -0.137. The first-order chi connectivity index (χ1) is 22.8. The van der Waals surface area contributed by atoms with Gasteiger partial charge in [-0.25, -0.2) is 9.59 Å². The van der Waals surface area contributed by atoms with Crippen LogP contribution in [0.15, 0.2) is 36.4 Å². The summed E-state index contributed by atoms with van der Waals surface area (Å²) in [5, 5.41) is 10.7. The van der Waals surface area contributed by atoms with Crippen LogP contribution in [0.25, 0.3) is 0 Å². The number of rotatable bonds is 20. The Balaban J connectivity index is 1.94. The van der Waals surface area contributed by atoms with E-state index in [9.17, 15) is 33.6 Å². The third kappa shape index (κ3) is 13.8. The van der Waals surface area contributed by atoms with Gasteiger partial charge in [-0.1, -0.05) is 32.4 Å². The Morgan fingerprint density at radius 3 is 2.19 bits per heavy atom. The van der Waals surface area contributed by atoms with Crippen LogP contribution in [0.3, 0.4) is 0 Å². The van der Waals surface area contributed by atoms with Crippen LogP contribution in [-0.4, -0.2) is 96.8 Å². The minimum atomic E-state index is -1.01. The number of benzene rings is 1. The van der Waals surface area contributed by atoms with Crippen molar-refractivity contribution < 1.29 is 38.3 Å². The van der Waals surface area contributed by atoms with E-state index in [0.717, 1.165) is 4.90 Å². The Morgan fingerprint density at radius 2 is 1.58 bits per heavy atom. The molecule has 8 N–H and O–H groups in total. The number of likely N-dealkylation sites (N-methyl/N-ethyl adjacent to an activating group) is 1. The number of hydrogen-bond acceptors (Lipinski definition) is 9. The smallest absolute Gasteiger partial charge is 0.409 e. The molecular weight excluding hydrogens is 624 g/mol. The molecule has 1 aliphatic heterocycles. The van der Waals surface area contributed by atoms with E-state index in [1.807, 2.05) is 0 Å². The summed E-state index contributed by atoms with van der Waals surface area (Å²) < 4.78 is 5.25. The molecule has 1 heterocycles. The zero-order valence-corrected chi connectivity index (χ0v) is 27.8. The van der Waals surface area contributed by atoms with Crippen molar-refractivity contribution in [2.45, 2.75) is 71.1 Å². The number of hydrogen-bond donors (Lipinski definition) is 6. The van der Waals surface area contributed by atoms with E-state index >= 15 is 0 Å². The fourth-order valence-corrected chi connectivity index (χ4v) is 4.67. The number of urea groups is 1. The van der Waals surface area contributed by atoms with E-state index in [-0.39, 0.29) is 56.2 Å². The van der Waals surface area contributed by atoms with Crippen molar-refractivity contribution in [1.82, 2.24) is 25.8 Å². The van der Waals surface area contributed by atoms with Crippen molar-refractivity contribution in [2.75, 3.05) is 38.5 Å². The second kappa shape index (κ2) is 20.3. The van der Waals surface area contributed by atoms with Crippen LogP contribution >= 0.6 is 0 Å². The van der Waals surface area contributed by atoms with Crippen molar-refractivity contribution in [3.63, 3.8) is 0 Å². The highest BCUT2D eigenvalue weighted by atomic mass is 16.6. The maximum Gasteiger partial charge on any atom is 0.409 e. The minimum Gasteiger partial charge on any atom is -0.445 e. The molecule has 16 nitrogen and oxygen atoms in total. The van der Waals surface area contributed by atoms with E-state index in [0.29, 0.717) is 50.0 Å². The number of primary amides is 1. The molecule has 1 aromatic carbocycles. The summed E-state index contributed by atoms with van der Waals surface area (Å²) in [7, 11) is 1.58. The summed E-state index contributed by atoms with van der Waals surface area (Å²) in [6, 6.07) is 3.99. The van der Waals surface area contributed by atoms with Gasteiger partial charge in [-0.2, -0.15) is 0 Å². The number of ether oxygens (including phenoxy) is 1. The van der Waals surface area contributed by atoms with Gasteiger partial charge in [0.2, 0.25) is 17.7 Å². The molecule has 8 amide bonds. The van der Waals surface area contributed by atoms with Crippen molar-refractivity contribution in [2.24, 2.45) is 17.4 Å². The van der Waals surface area contributed by atoms with Crippen molar-refractivity contribution in [3.05, 3.63) is 42.0 Å². The summed E-state index contributed by atoms with van der Waals surface area (Å²) in [5.41, 5.74) is 11.7. The van der Waals surface area contributed by atoms with Crippen molar-refractivity contribution >= 4 is 47.3 Å². The normalized spacial score (nSPS) is 13.6. The largest absolute Gasteiger partial charge is 0.445 e. The van der Waals surface area contributed by atoms with Gasteiger partial charge in [0.05, 0.1) is 0 Å². The molecule has 0 saturated carbocycles. The maximum absolute atomic E-state index is 13.4. The lowest BCUT2D eigenvalue weighted by Gasteiger charge is -2.25. The average molecular weight is 673 g/mol. The number of unbranched alkanes of at least 4 members (excludes halogenated alkanes) is 2. The summed E-state index contributed by atoms with van der Waals surface area (Å²) in [6.45, 7) is 4.68. The molecule has 48 heavy (non-hydrogen) atoms. The van der Waals surface area contributed by atoms with Gasteiger partial charge in [0.25, 0.3) is 11.8 Å². The van der Waals surface area contributed by atoms with Gasteiger partial charge in [-0.05, 0) is 49.3 Å². The van der Waals surface area contributed by atoms with Gasteiger partial charge >= 0.3 is 12.1 Å². The topological polar surface area (TPSA) is 235 Å². The van der Waals surface area contributed by atoms with Gasteiger partial charge in [-0.15, -0.1) is 0 Å². The van der Waals surface area contributed by atoms with E-state index in [4.69, 9.17) is 16.2 Å². The molecular formula is C32H48N8O8. The van der Waals surface area contributed by atoms with Crippen molar-refractivity contribution in [1.29, 1.82) is 0 Å². The van der Waals surface area contributed by atoms with E-state index in [2.05, 4.69) is 21.3 Å². The van der Waals surface area contributed by atoms with Crippen LogP contribution < -0.4 is 32.7 Å². The Hall–Kier alpha value is -4.99. The highest BCUT2D eigenvalue weighted by Crippen LogP contribution is 2.14. The molecule has 0 bridgehead atoms. The number of anilines is 1. The van der Waals surface area contributed by atoms with Crippen LogP contribution in [-0.2, 0) is 35.3 Å². The quantitative estimate of drug-likeness (QED) is 0.0844. The Morgan fingerprint density at radius 1 is 0.917 bits per heavy atom. The first-order valence-electron chi connectivity index (χ1n) is 16.0. The predicted molar refractivity (Wildman–Crippen MR) is 177 cm³/mol. The molecule has 0 spiro atoms. The van der Waals surface area contributed by atoms with Crippen LogP contribution in [0.4, 0.5) is 15.3 Å². The van der Waals surface area contributed by atoms with E-state index in [1.54, 1.807) is 45.2 Å². The molecule has 0 aromatic heterocycles. The summed E-state index contributed by atoms with van der Waals surface area (Å²) in [5.74, 6) is -2.39. The number of carbonyl (C=O) groups excluding carboxylic acids is 7. The standard InChI is InChI=1S/C32H48N8O8/c1-21(2)28(38-25(41)9-5-4-6-18-40-26(42)14-15-27(40)43)30(45)37-24(8-7-17-35-31(34)46)29(44)36-23-12-10-22(11-13-23)20-48-32(47)39(3)19-16-33/h10-15,21,24,28H,4-9,16-20,33H2,1-3H3,(H,36,44)(H,37,45)(H,38,41)(H3,34,35,46)/t24?,28-/m0/s1. The molecule has 0 saturated heterocycles. The highest BCUT2D eigenvalue weighted by Gasteiger charge is 2.29. The van der Waals surface area contributed by atoms with E-state index < -0.39 is 36.0 Å². The third-order valence-electron chi connectivity index (χ3n) is 7.41. The average Bonchev–Trinajstić information content (AvgIpc) is 3.36. The Labute approximate surface area is 280 Å². The molecule has 0 radical (unpaired) electrons. The maximum atomic E-state index is 13.4. The number of imide groups is 1. The summed E-state index contributed by atoms with van der Waals surface area (Å²) in [6.07, 6.45) is 4.21. The number of nitrogens with one attached hydrogen (secondary N) is 4. The summed E-state index contributed by atoms with van der Waals surface area (Å²) in [4.78, 5) is 88.3. The van der Waals surface area contributed by atoms with Gasteiger partial charge in [-0.3, -0.25) is 28.9 Å². The molecule has 16 heteroatoms. The van der Waals surface area contributed by atoms with Gasteiger partial charge in [0.15, 0.2) is 0 Å². The molecule has 0 fully saturated rings. The molecule has 0 aliphatic carbocycles. The fourth-order valence-electron chi connectivity index (χ4n) is 4.67. The van der Waals surface area contributed by atoms with E-state index in [1.165, 1.54) is 17.1 Å². The van der Waals surface area contributed by atoms with Crippen LogP contribution in [0, 0.1) is 5.92 Å². The Bertz CT molecular complexity index is 1300. The third-order valence-corrected chi connectivity index (χ3v) is 7.41. The summed E-state index contributed by atoms with van der Waals surface area (Å²) >= 11 is 0. The van der Waals surface area contributed by atoms with Gasteiger partial charge < -0.3 is 42.4 Å². The lowest BCUT2D eigenvalue weighted by atomic mass is 10.0. The van der Waals surface area contributed by atoms with Gasteiger partial charge in [0, 0.05) is 57.5 Å². The van der Waals surface area contributed by atoms with Crippen molar-refractivity contribution in [3.8, 4) is 0 Å². The van der Waals surface area contributed by atoms with Gasteiger partial charge in [0.1, 0.15) is 18.7 Å². The SMILES string of the molecule is CC(C)[C@H](NC(=O)CCCCCN1C(=O)C=CC1=O)C(=O)NC(CCCNC(N)=O)C(=O)Nc1ccc(COC(=O)N(C)CCN)cc1. The highest BCUT2D eigenvalue weighted by molar-refractivity contribution is 6.12. The fraction of sp³-hybridized carbons (Fsp3) is 0.531. The molecule has 1 aromatic rings. The number of amides is 8. The molecule has 1 aliphatic rings. The lowest BCUT2D eigenvalue weighted by Crippen LogP contribution is -2.54. The first-order valence-corrected chi connectivity index (χ1v) is 16.0. The van der Waals surface area contributed by atoms with Crippen LogP contribution in [0.5, 0.6) is 0 Å².